The predicted octanol–water partition coefficient (Wildman–Crippen LogP) is 0.526. The molecule has 6 atom stereocenters. The number of Topliss-reactive ketones (excluding diaryl/α,β-unsaturated/α-hetero) is 8. The third kappa shape index (κ3) is 56.9. The SMILES string of the molecule is CC(=O)C(C)CC(=O)C(C)N.CC(=O)C(C)CC(=O)C(C)NC(=O)CCOCCCC(=O)C#CC(=O)NCCOCCC(=O)NC(C)C(=O)CC(C)C(C)=O.CCOCCCC(=O)C#CC(=O)NCCOCC.O=C=O.O=C=O. The van der Waals surface area contributed by atoms with Crippen LogP contribution in [0.4, 0.5) is 0 Å². The summed E-state index contributed by atoms with van der Waals surface area (Å²) in [7, 11) is 0. The Morgan fingerprint density at radius 2 is 0.734 bits per heavy atom. The molecular weight excluding hydrogens is 1040 g/mol. The highest BCUT2D eigenvalue weighted by Crippen LogP contribution is 2.08. The lowest BCUT2D eigenvalue weighted by atomic mass is 9.98. The highest BCUT2D eigenvalue weighted by molar-refractivity contribution is 6.04. The van der Waals surface area contributed by atoms with Crippen LogP contribution in [0.1, 0.15) is 134 Å². The number of rotatable bonds is 36. The Labute approximate surface area is 463 Å². The van der Waals surface area contributed by atoms with Crippen LogP contribution in [0.15, 0.2) is 0 Å². The second-order valence-electron chi connectivity index (χ2n) is 17.3. The van der Waals surface area contributed by atoms with Crippen molar-refractivity contribution in [3.63, 3.8) is 0 Å². The zero-order valence-corrected chi connectivity index (χ0v) is 47.6. The lowest BCUT2D eigenvalue weighted by Gasteiger charge is -2.15. The Balaban J connectivity index is -0.000000421. The summed E-state index contributed by atoms with van der Waals surface area (Å²) in [5, 5.41) is 10.1. The molecule has 0 aliphatic heterocycles. The van der Waals surface area contributed by atoms with E-state index in [-0.39, 0.29) is 142 Å². The maximum absolute atomic E-state index is 12.1. The molecule has 0 spiro atoms. The molecule has 6 unspecified atom stereocenters. The van der Waals surface area contributed by atoms with Gasteiger partial charge in [-0.3, -0.25) is 57.5 Å². The van der Waals surface area contributed by atoms with E-state index in [2.05, 4.69) is 44.9 Å². The Kier molecular flexibility index (Phi) is 55.5. The van der Waals surface area contributed by atoms with Crippen LogP contribution >= 0.6 is 0 Å². The van der Waals surface area contributed by atoms with Gasteiger partial charge in [-0.25, -0.2) is 0 Å². The third-order valence-electron chi connectivity index (χ3n) is 10.3. The number of hydrogen-bond donors (Lipinski definition) is 5. The Morgan fingerprint density at radius 3 is 1.06 bits per heavy atom. The van der Waals surface area contributed by atoms with Crippen LogP contribution in [0.25, 0.3) is 0 Å². The van der Waals surface area contributed by atoms with Gasteiger partial charge in [-0.05, 0) is 80.1 Å². The second-order valence-corrected chi connectivity index (χ2v) is 17.3. The molecule has 4 amide bonds. The van der Waals surface area contributed by atoms with Crippen molar-refractivity contribution >= 4 is 82.2 Å². The minimum atomic E-state index is -0.709. The summed E-state index contributed by atoms with van der Waals surface area (Å²) in [4.78, 5) is 171. The van der Waals surface area contributed by atoms with Crippen LogP contribution in [-0.2, 0) is 95.7 Å². The van der Waals surface area contributed by atoms with E-state index < -0.39 is 47.6 Å². The van der Waals surface area contributed by atoms with Gasteiger partial charge in [-0.2, -0.15) is 19.2 Å². The van der Waals surface area contributed by atoms with Crippen molar-refractivity contribution in [1.82, 2.24) is 21.3 Å². The molecule has 0 aliphatic rings. The number of carbonyl (C=O) groups excluding carboxylic acids is 16. The molecule has 25 nitrogen and oxygen atoms in total. The number of ether oxygens (including phenoxy) is 4. The Bertz CT molecular complexity index is 1990. The van der Waals surface area contributed by atoms with Gasteiger partial charge < -0.3 is 45.9 Å². The Morgan fingerprint density at radius 1 is 0.430 bits per heavy atom. The van der Waals surface area contributed by atoms with E-state index in [0.29, 0.717) is 52.2 Å². The van der Waals surface area contributed by atoms with Gasteiger partial charge in [0.05, 0.1) is 44.6 Å². The van der Waals surface area contributed by atoms with Gasteiger partial charge >= 0.3 is 12.3 Å². The third-order valence-corrected chi connectivity index (χ3v) is 10.3. The lowest BCUT2D eigenvalue weighted by molar-refractivity contribution is -0.193. The van der Waals surface area contributed by atoms with Gasteiger partial charge in [0.15, 0.2) is 11.6 Å². The van der Waals surface area contributed by atoms with E-state index in [9.17, 15) is 57.5 Å². The molecule has 6 N–H and O–H groups in total. The average Bonchev–Trinajstić information content (AvgIpc) is 3.37. The van der Waals surface area contributed by atoms with E-state index in [1.165, 1.54) is 20.8 Å². The molecule has 444 valence electrons. The number of carbonyl (C=O) groups is 12. The smallest absolute Gasteiger partial charge is 0.373 e. The van der Waals surface area contributed by atoms with Crippen molar-refractivity contribution < 1.29 is 95.7 Å². The maximum atomic E-state index is 12.1. The molecule has 0 aromatic heterocycles. The van der Waals surface area contributed by atoms with E-state index in [0.717, 1.165) is 0 Å². The summed E-state index contributed by atoms with van der Waals surface area (Å²) in [5.74, 6) is 4.86. The van der Waals surface area contributed by atoms with Crippen molar-refractivity contribution in [2.24, 2.45) is 23.5 Å². The molecule has 0 heterocycles. The number of hydrogen-bond acceptors (Lipinski definition) is 21. The molecule has 0 saturated carbocycles. The molecule has 0 aliphatic carbocycles. The number of amides is 4. The first kappa shape index (κ1) is 80.8. The summed E-state index contributed by atoms with van der Waals surface area (Å²) in [6.45, 7) is 21.2. The van der Waals surface area contributed by atoms with Crippen molar-refractivity contribution in [3.8, 4) is 23.7 Å². The first-order chi connectivity index (χ1) is 37.1. The van der Waals surface area contributed by atoms with Crippen LogP contribution < -0.4 is 27.0 Å². The van der Waals surface area contributed by atoms with E-state index in [1.807, 2.05) is 13.8 Å². The molecule has 0 aromatic carbocycles. The molecule has 0 rings (SSSR count). The van der Waals surface area contributed by atoms with Crippen LogP contribution in [-0.4, -0.2) is 166 Å². The molecule has 0 saturated heterocycles. The van der Waals surface area contributed by atoms with Gasteiger partial charge in [-0.15, -0.1) is 0 Å². The monoisotopic (exact) mass is 1120 g/mol. The van der Waals surface area contributed by atoms with Gasteiger partial charge in [0.2, 0.25) is 23.4 Å². The number of ketones is 8. The highest BCUT2D eigenvalue weighted by Gasteiger charge is 2.21. The van der Waals surface area contributed by atoms with Gasteiger partial charge in [0.25, 0.3) is 11.8 Å². The molecule has 0 bridgehead atoms. The first-order valence-corrected chi connectivity index (χ1v) is 25.5. The van der Waals surface area contributed by atoms with Crippen LogP contribution in [0.5, 0.6) is 0 Å². The molecular formula is C54H83N5O20. The van der Waals surface area contributed by atoms with E-state index in [4.69, 9.17) is 43.9 Å². The zero-order chi connectivity index (χ0) is 61.7. The minimum Gasteiger partial charge on any atom is -0.382 e. The largest absolute Gasteiger partial charge is 0.382 e. The van der Waals surface area contributed by atoms with Crippen molar-refractivity contribution in [3.05, 3.63) is 0 Å². The fourth-order valence-corrected chi connectivity index (χ4v) is 5.10. The van der Waals surface area contributed by atoms with Crippen molar-refractivity contribution in [2.75, 3.05) is 65.9 Å². The van der Waals surface area contributed by atoms with E-state index >= 15 is 0 Å². The minimum absolute atomic E-state index is 0.0157. The summed E-state index contributed by atoms with van der Waals surface area (Å²) in [6, 6.07) is -1.86. The topological polar surface area (TPSA) is 384 Å². The maximum Gasteiger partial charge on any atom is 0.373 e. The van der Waals surface area contributed by atoms with Crippen molar-refractivity contribution in [2.45, 2.75) is 152 Å². The van der Waals surface area contributed by atoms with E-state index in [1.54, 1.807) is 41.5 Å². The Hall–Kier alpha value is -7.08. The van der Waals surface area contributed by atoms with Crippen LogP contribution in [0.2, 0.25) is 0 Å². The standard InChI is InChI=1S/C31H47N3O10.C13H21NO4.C8H15NO2.2CO2/c1-20(24(5)35)18-27(38)22(3)33-30(41)11-15-43-14-7-8-26(37)9-10-29(40)32-13-17-44-16-12-31(42)34-23(4)28(39)19-21(2)25(6)36;1-3-17-10-5-6-12(15)7-8-13(16)14-9-11-18-4-2;1-5(7(3)10)4-8(11)6(2)9;2*2-1-3/h20-23H,7-8,11-19H2,1-6H3,(H,32,40)(H,33,41)(H,34,42);3-6,9-11H2,1-2H3,(H,14,16);5-6H,4,9H2,1-3H3;;. The number of nitrogens with one attached hydrogen (secondary N) is 4. The highest BCUT2D eigenvalue weighted by atomic mass is 16.5. The molecule has 0 radical (unpaired) electrons. The van der Waals surface area contributed by atoms with Crippen LogP contribution in [0, 0.1) is 41.4 Å². The molecule has 25 heteroatoms. The summed E-state index contributed by atoms with van der Waals surface area (Å²) in [6.07, 6.45) is 2.32. The van der Waals surface area contributed by atoms with Gasteiger partial charge in [-0.1, -0.05) is 20.8 Å². The summed E-state index contributed by atoms with van der Waals surface area (Å²) >= 11 is 0. The summed E-state index contributed by atoms with van der Waals surface area (Å²) in [5.41, 5.74) is 5.32. The normalized spacial score (nSPS) is 11.9. The lowest BCUT2D eigenvalue weighted by Crippen LogP contribution is -2.39. The molecule has 0 aromatic rings. The second kappa shape index (κ2) is 54.3. The fourth-order valence-electron chi connectivity index (χ4n) is 5.10. The molecule has 79 heavy (non-hydrogen) atoms. The summed E-state index contributed by atoms with van der Waals surface area (Å²) < 4.78 is 20.8. The zero-order valence-electron chi connectivity index (χ0n) is 47.6. The van der Waals surface area contributed by atoms with Gasteiger partial charge in [0, 0.05) is 114 Å². The van der Waals surface area contributed by atoms with Gasteiger partial charge in [0.1, 0.15) is 23.1 Å². The number of nitrogens with two attached hydrogens (primary N) is 1. The quantitative estimate of drug-likeness (QED) is 0.0324. The molecule has 0 fully saturated rings. The average molecular weight is 1120 g/mol. The van der Waals surface area contributed by atoms with Crippen LogP contribution in [0.3, 0.4) is 0 Å². The fraction of sp³-hybridized carbons (Fsp3) is 0.667. The van der Waals surface area contributed by atoms with Crippen molar-refractivity contribution in [1.29, 1.82) is 0 Å². The predicted molar refractivity (Wildman–Crippen MR) is 281 cm³/mol. The first-order valence-electron chi connectivity index (χ1n) is 25.5.